The van der Waals surface area contributed by atoms with Crippen LogP contribution in [0.4, 0.5) is 0 Å². The molecule has 0 aromatic heterocycles. The fraction of sp³-hybridized carbons (Fsp3) is 0.143. The molecule has 2 rings (SSSR count). The summed E-state index contributed by atoms with van der Waals surface area (Å²) in [7, 11) is 0. The number of hydrogen-bond donors (Lipinski definition) is 2. The molecule has 2 aromatic rings. The molecular weight excluding hydrogens is 271 g/mol. The van der Waals surface area contributed by atoms with Crippen molar-refractivity contribution in [3.63, 3.8) is 0 Å². The number of aromatic hydroxyl groups is 2. The predicted octanol–water partition coefficient (Wildman–Crippen LogP) is 3.97. The summed E-state index contributed by atoms with van der Waals surface area (Å²) in [6.07, 6.45) is 0.418. The second-order valence-corrected chi connectivity index (χ2v) is 5.58. The molecule has 2 aromatic carbocycles. The molecule has 18 heavy (non-hydrogen) atoms. The van der Waals surface area contributed by atoms with E-state index >= 15 is 0 Å². The van der Waals surface area contributed by atoms with Gasteiger partial charge in [-0.3, -0.25) is 0 Å². The maximum Gasteiger partial charge on any atom is 0.147 e. The lowest BCUT2D eigenvalue weighted by Crippen LogP contribution is -2.13. The summed E-state index contributed by atoms with van der Waals surface area (Å²) in [6.45, 7) is 0. The molecule has 0 aliphatic rings. The van der Waals surface area contributed by atoms with E-state index < -0.39 is 4.33 Å². The number of benzene rings is 2. The van der Waals surface area contributed by atoms with Gasteiger partial charge < -0.3 is 10.2 Å². The Bertz CT molecular complexity index is 518. The van der Waals surface area contributed by atoms with Crippen LogP contribution < -0.4 is 0 Å². The largest absolute Gasteiger partial charge is 0.508 e. The van der Waals surface area contributed by atoms with Gasteiger partial charge in [0, 0.05) is 6.42 Å². The Morgan fingerprint density at radius 3 is 1.72 bits per heavy atom. The monoisotopic (exact) mass is 282 g/mol. The van der Waals surface area contributed by atoms with Gasteiger partial charge in [-0.2, -0.15) is 0 Å². The van der Waals surface area contributed by atoms with Gasteiger partial charge in [0.1, 0.15) is 15.8 Å². The molecule has 2 nitrogen and oxygen atoms in total. The van der Waals surface area contributed by atoms with Crippen LogP contribution in [0.2, 0.25) is 0 Å². The quantitative estimate of drug-likeness (QED) is 0.837. The molecule has 0 heterocycles. The number of alkyl halides is 2. The Morgan fingerprint density at radius 1 is 0.778 bits per heavy atom. The van der Waals surface area contributed by atoms with Gasteiger partial charge in [0.05, 0.1) is 0 Å². The molecule has 0 spiro atoms. The fourth-order valence-corrected chi connectivity index (χ4v) is 2.24. The zero-order valence-electron chi connectivity index (χ0n) is 9.48. The highest BCUT2D eigenvalue weighted by Crippen LogP contribution is 2.38. The summed E-state index contributed by atoms with van der Waals surface area (Å²) in [5.41, 5.74) is 1.64. The first-order valence-corrected chi connectivity index (χ1v) is 6.18. The Hall–Kier alpha value is -1.38. The van der Waals surface area contributed by atoms with E-state index in [9.17, 15) is 10.2 Å². The lowest BCUT2D eigenvalue weighted by atomic mass is 10.0. The third kappa shape index (κ3) is 3.09. The Kier molecular flexibility index (Phi) is 3.69. The number of hydrogen-bond acceptors (Lipinski definition) is 2. The van der Waals surface area contributed by atoms with Crippen molar-refractivity contribution in [3.05, 3.63) is 59.7 Å². The Balaban J connectivity index is 2.20. The van der Waals surface area contributed by atoms with Crippen molar-refractivity contribution >= 4 is 23.2 Å². The van der Waals surface area contributed by atoms with Crippen molar-refractivity contribution in [2.75, 3.05) is 0 Å². The van der Waals surface area contributed by atoms with E-state index in [0.717, 1.165) is 11.1 Å². The van der Waals surface area contributed by atoms with Crippen molar-refractivity contribution < 1.29 is 10.2 Å². The predicted molar refractivity (Wildman–Crippen MR) is 73.3 cm³/mol. The van der Waals surface area contributed by atoms with Gasteiger partial charge >= 0.3 is 0 Å². The van der Waals surface area contributed by atoms with Crippen LogP contribution in [0.25, 0.3) is 0 Å². The molecule has 0 atom stereocenters. The van der Waals surface area contributed by atoms with Gasteiger partial charge in [0.2, 0.25) is 0 Å². The van der Waals surface area contributed by atoms with Gasteiger partial charge in [-0.15, -0.1) is 0 Å². The minimum Gasteiger partial charge on any atom is -0.508 e. The topological polar surface area (TPSA) is 40.5 Å². The average Bonchev–Trinajstić information content (AvgIpc) is 2.32. The minimum absolute atomic E-state index is 0.174. The molecule has 0 unspecified atom stereocenters. The molecule has 2 N–H and O–H groups in total. The lowest BCUT2D eigenvalue weighted by molar-refractivity contribution is 0.474. The highest BCUT2D eigenvalue weighted by Gasteiger charge is 2.26. The van der Waals surface area contributed by atoms with Crippen LogP contribution in [0.1, 0.15) is 11.1 Å². The van der Waals surface area contributed by atoms with Crippen molar-refractivity contribution in [1.82, 2.24) is 0 Å². The zero-order chi connectivity index (χ0) is 13.2. The Morgan fingerprint density at radius 2 is 1.22 bits per heavy atom. The summed E-state index contributed by atoms with van der Waals surface area (Å²) in [5, 5.41) is 18.4. The molecule has 0 aliphatic carbocycles. The van der Waals surface area contributed by atoms with Crippen LogP contribution in [0, 0.1) is 0 Å². The number of rotatable bonds is 3. The standard InChI is InChI=1S/C14H12Cl2O2/c15-14(16,11-3-7-13(18)8-4-11)9-10-1-5-12(17)6-2-10/h1-8,17-18H,9H2. The van der Waals surface area contributed by atoms with Crippen molar-refractivity contribution in [1.29, 1.82) is 0 Å². The third-order valence-electron chi connectivity index (χ3n) is 2.65. The van der Waals surface area contributed by atoms with Gasteiger partial charge in [0.15, 0.2) is 0 Å². The summed E-state index contributed by atoms with van der Waals surface area (Å²) in [4.78, 5) is 0. The number of phenolic OH excluding ortho intramolecular Hbond substituents is 2. The molecule has 94 valence electrons. The first-order chi connectivity index (χ1) is 8.47. The number of halogens is 2. The molecule has 0 amide bonds. The van der Waals surface area contributed by atoms with Gasteiger partial charge in [0.25, 0.3) is 0 Å². The van der Waals surface area contributed by atoms with Crippen LogP contribution in [0.5, 0.6) is 11.5 Å². The second-order valence-electron chi connectivity index (χ2n) is 4.09. The third-order valence-corrected chi connectivity index (χ3v) is 3.36. The normalized spacial score (nSPS) is 11.4. The van der Waals surface area contributed by atoms with Crippen LogP contribution in [-0.4, -0.2) is 10.2 Å². The van der Waals surface area contributed by atoms with E-state index in [1.807, 2.05) is 0 Å². The molecule has 0 aliphatic heterocycles. The SMILES string of the molecule is Oc1ccc(CC(Cl)(Cl)c2ccc(O)cc2)cc1. The van der Waals surface area contributed by atoms with Crippen molar-refractivity contribution in [2.24, 2.45) is 0 Å². The number of phenols is 2. The van der Waals surface area contributed by atoms with E-state index in [1.165, 1.54) is 0 Å². The van der Waals surface area contributed by atoms with E-state index in [2.05, 4.69) is 0 Å². The first-order valence-electron chi connectivity index (χ1n) is 5.43. The van der Waals surface area contributed by atoms with Crippen LogP contribution >= 0.6 is 23.2 Å². The van der Waals surface area contributed by atoms with Gasteiger partial charge in [-0.1, -0.05) is 47.5 Å². The fourth-order valence-electron chi connectivity index (χ4n) is 1.68. The molecule has 4 heteroatoms. The Labute approximate surface area is 115 Å². The van der Waals surface area contributed by atoms with Crippen LogP contribution in [-0.2, 0) is 10.8 Å². The van der Waals surface area contributed by atoms with Crippen molar-refractivity contribution in [2.45, 2.75) is 10.8 Å². The lowest BCUT2D eigenvalue weighted by Gasteiger charge is -2.20. The molecular formula is C14H12Cl2O2. The van der Waals surface area contributed by atoms with Crippen molar-refractivity contribution in [3.8, 4) is 11.5 Å². The minimum atomic E-state index is -1.06. The maximum absolute atomic E-state index is 9.23. The average molecular weight is 283 g/mol. The van der Waals surface area contributed by atoms with E-state index in [1.54, 1.807) is 48.5 Å². The van der Waals surface area contributed by atoms with E-state index in [-0.39, 0.29) is 11.5 Å². The van der Waals surface area contributed by atoms with E-state index in [0.29, 0.717) is 6.42 Å². The van der Waals surface area contributed by atoms with E-state index in [4.69, 9.17) is 23.2 Å². The van der Waals surface area contributed by atoms with Crippen LogP contribution in [0.15, 0.2) is 48.5 Å². The van der Waals surface area contributed by atoms with Crippen LogP contribution in [0.3, 0.4) is 0 Å². The molecule has 0 bridgehead atoms. The zero-order valence-corrected chi connectivity index (χ0v) is 11.0. The molecule has 0 radical (unpaired) electrons. The summed E-state index contributed by atoms with van der Waals surface area (Å²) in [6, 6.07) is 13.2. The molecule has 0 saturated heterocycles. The van der Waals surface area contributed by atoms with Gasteiger partial charge in [-0.25, -0.2) is 0 Å². The summed E-state index contributed by atoms with van der Waals surface area (Å²) < 4.78 is -1.06. The first kappa shape index (κ1) is 13.1. The summed E-state index contributed by atoms with van der Waals surface area (Å²) >= 11 is 12.6. The van der Waals surface area contributed by atoms with Gasteiger partial charge in [-0.05, 0) is 35.4 Å². The smallest absolute Gasteiger partial charge is 0.147 e. The molecule has 0 saturated carbocycles. The summed E-state index contributed by atoms with van der Waals surface area (Å²) in [5.74, 6) is 0.380. The second kappa shape index (κ2) is 5.09. The highest BCUT2D eigenvalue weighted by molar-refractivity contribution is 6.48. The highest BCUT2D eigenvalue weighted by atomic mass is 35.5. The maximum atomic E-state index is 9.23. The molecule has 0 fully saturated rings.